The lowest BCUT2D eigenvalue weighted by atomic mass is 9.94. The van der Waals surface area contributed by atoms with Crippen molar-refractivity contribution in [3.63, 3.8) is 0 Å². The summed E-state index contributed by atoms with van der Waals surface area (Å²) in [5, 5.41) is 3.71. The van der Waals surface area contributed by atoms with Gasteiger partial charge in [0.1, 0.15) is 24.2 Å². The lowest BCUT2D eigenvalue weighted by molar-refractivity contribution is -0.129. The van der Waals surface area contributed by atoms with Gasteiger partial charge >= 0.3 is 5.63 Å². The number of aryl methyl sites for hydroxylation is 1. The fraction of sp³-hybridized carbons (Fsp3) is 0.333. The first-order valence-electron chi connectivity index (χ1n) is 11.3. The van der Waals surface area contributed by atoms with Crippen molar-refractivity contribution in [1.29, 1.82) is 0 Å². The van der Waals surface area contributed by atoms with E-state index in [0.29, 0.717) is 22.1 Å². The predicted octanol–water partition coefficient (Wildman–Crippen LogP) is 4.69. The smallest absolute Gasteiger partial charge is 0.344 e. The SMILES string of the molecule is CCc1ccc2c(c1)c(=O)oc1c2ccc2c(OC)ccc([C@H]3CC(=O)[C@@H](COCOC)O3)c21. The van der Waals surface area contributed by atoms with Gasteiger partial charge < -0.3 is 23.4 Å². The zero-order valence-electron chi connectivity index (χ0n) is 19.4. The number of ketones is 1. The molecule has 1 aliphatic rings. The zero-order valence-corrected chi connectivity index (χ0v) is 19.4. The second-order valence-corrected chi connectivity index (χ2v) is 8.41. The minimum Gasteiger partial charge on any atom is -0.496 e. The van der Waals surface area contributed by atoms with Crippen LogP contribution >= 0.6 is 0 Å². The summed E-state index contributed by atoms with van der Waals surface area (Å²) in [6.45, 7) is 2.26. The van der Waals surface area contributed by atoms with Crippen LogP contribution in [0.25, 0.3) is 32.5 Å². The van der Waals surface area contributed by atoms with Gasteiger partial charge in [-0.1, -0.05) is 25.1 Å². The number of Topliss-reactive ketones (excluding diaryl/α,β-unsaturated/α-hetero) is 1. The number of hydrogen-bond acceptors (Lipinski definition) is 7. The molecule has 34 heavy (non-hydrogen) atoms. The Bertz CT molecular complexity index is 1450. The molecule has 0 aliphatic carbocycles. The van der Waals surface area contributed by atoms with Crippen LogP contribution in [0.1, 0.15) is 30.6 Å². The highest BCUT2D eigenvalue weighted by Gasteiger charge is 2.36. The second kappa shape index (κ2) is 9.18. The predicted molar refractivity (Wildman–Crippen MR) is 128 cm³/mol. The summed E-state index contributed by atoms with van der Waals surface area (Å²) >= 11 is 0. The molecule has 7 nitrogen and oxygen atoms in total. The Hall–Kier alpha value is -3.26. The van der Waals surface area contributed by atoms with Gasteiger partial charge in [0.05, 0.1) is 25.2 Å². The molecule has 4 aromatic rings. The monoisotopic (exact) mass is 462 g/mol. The summed E-state index contributed by atoms with van der Waals surface area (Å²) in [7, 11) is 3.12. The van der Waals surface area contributed by atoms with E-state index in [2.05, 4.69) is 0 Å². The molecule has 0 unspecified atom stereocenters. The van der Waals surface area contributed by atoms with E-state index in [9.17, 15) is 9.59 Å². The molecule has 0 radical (unpaired) electrons. The second-order valence-electron chi connectivity index (χ2n) is 8.41. The van der Waals surface area contributed by atoms with Gasteiger partial charge in [0.2, 0.25) is 0 Å². The summed E-state index contributed by atoms with van der Waals surface area (Å²) in [4.78, 5) is 25.7. The average molecular weight is 462 g/mol. The van der Waals surface area contributed by atoms with E-state index < -0.39 is 17.8 Å². The third kappa shape index (κ3) is 3.76. The highest BCUT2D eigenvalue weighted by atomic mass is 16.7. The van der Waals surface area contributed by atoms with Crippen molar-refractivity contribution in [1.82, 2.24) is 0 Å². The van der Waals surface area contributed by atoms with Crippen LogP contribution in [-0.4, -0.2) is 39.5 Å². The number of ether oxygens (including phenoxy) is 4. The normalized spacial score (nSPS) is 18.4. The molecule has 1 aliphatic heterocycles. The fourth-order valence-corrected chi connectivity index (χ4v) is 4.73. The van der Waals surface area contributed by atoms with E-state index >= 15 is 0 Å². The van der Waals surface area contributed by atoms with Gasteiger partial charge in [0.15, 0.2) is 5.78 Å². The Balaban J connectivity index is 1.71. The zero-order chi connectivity index (χ0) is 23.8. The van der Waals surface area contributed by atoms with Gasteiger partial charge in [-0.05, 0) is 47.2 Å². The van der Waals surface area contributed by atoms with Crippen molar-refractivity contribution in [2.45, 2.75) is 32.0 Å². The number of carbonyl (C=O) groups is 1. The van der Waals surface area contributed by atoms with E-state index in [1.807, 2.05) is 49.4 Å². The van der Waals surface area contributed by atoms with Crippen molar-refractivity contribution < 1.29 is 28.2 Å². The molecule has 0 N–H and O–H groups in total. The topological polar surface area (TPSA) is 84.2 Å². The summed E-state index contributed by atoms with van der Waals surface area (Å²) in [5.41, 5.74) is 1.91. The first kappa shape index (κ1) is 22.5. The van der Waals surface area contributed by atoms with Crippen molar-refractivity contribution in [2.24, 2.45) is 0 Å². The minimum atomic E-state index is -0.674. The Labute approximate surface area is 196 Å². The van der Waals surface area contributed by atoms with Gasteiger partial charge in [-0.15, -0.1) is 0 Å². The molecule has 5 rings (SSSR count). The van der Waals surface area contributed by atoms with Gasteiger partial charge in [-0.3, -0.25) is 4.79 Å². The summed E-state index contributed by atoms with van der Waals surface area (Å²) in [6.07, 6.45) is -0.135. The lowest BCUT2D eigenvalue weighted by Crippen LogP contribution is -2.22. The summed E-state index contributed by atoms with van der Waals surface area (Å²) in [6, 6.07) is 13.5. The number of benzene rings is 3. The van der Waals surface area contributed by atoms with Crippen LogP contribution in [0.3, 0.4) is 0 Å². The van der Waals surface area contributed by atoms with E-state index in [1.165, 1.54) is 7.11 Å². The highest BCUT2D eigenvalue weighted by molar-refractivity contribution is 6.16. The van der Waals surface area contributed by atoms with E-state index in [1.54, 1.807) is 7.11 Å². The van der Waals surface area contributed by atoms with Gasteiger partial charge in [0, 0.05) is 29.7 Å². The highest BCUT2D eigenvalue weighted by Crippen LogP contribution is 2.42. The minimum absolute atomic E-state index is 0.0377. The molecule has 176 valence electrons. The van der Waals surface area contributed by atoms with Crippen molar-refractivity contribution in [2.75, 3.05) is 27.6 Å². The van der Waals surface area contributed by atoms with E-state index in [0.717, 1.165) is 33.7 Å². The molecular weight excluding hydrogens is 436 g/mol. The molecule has 0 bridgehead atoms. The maximum Gasteiger partial charge on any atom is 0.344 e. The van der Waals surface area contributed by atoms with Crippen LogP contribution in [-0.2, 0) is 25.4 Å². The van der Waals surface area contributed by atoms with Gasteiger partial charge in [-0.25, -0.2) is 4.79 Å². The van der Waals surface area contributed by atoms with Gasteiger partial charge in [0.25, 0.3) is 0 Å². The first-order chi connectivity index (χ1) is 16.5. The van der Waals surface area contributed by atoms with Crippen molar-refractivity contribution in [3.05, 3.63) is 64.0 Å². The van der Waals surface area contributed by atoms with Crippen molar-refractivity contribution >= 4 is 38.3 Å². The lowest BCUT2D eigenvalue weighted by Gasteiger charge is -2.18. The number of methoxy groups -OCH3 is 2. The van der Waals surface area contributed by atoms with Crippen LogP contribution in [0.2, 0.25) is 0 Å². The largest absolute Gasteiger partial charge is 0.496 e. The molecular formula is C27H26O7. The Kier molecular flexibility index (Phi) is 6.08. The van der Waals surface area contributed by atoms with Crippen LogP contribution in [0, 0.1) is 0 Å². The molecule has 7 heteroatoms. The average Bonchev–Trinajstić information content (AvgIpc) is 3.23. The van der Waals surface area contributed by atoms with Crippen LogP contribution in [0.5, 0.6) is 5.75 Å². The third-order valence-corrected chi connectivity index (χ3v) is 6.43. The maximum absolute atomic E-state index is 13.0. The molecule has 1 fully saturated rings. The van der Waals surface area contributed by atoms with Crippen LogP contribution < -0.4 is 10.4 Å². The van der Waals surface area contributed by atoms with Crippen LogP contribution in [0.4, 0.5) is 0 Å². The van der Waals surface area contributed by atoms with Crippen LogP contribution in [0.15, 0.2) is 51.7 Å². The van der Waals surface area contributed by atoms with E-state index in [-0.39, 0.29) is 25.6 Å². The number of hydrogen-bond donors (Lipinski definition) is 0. The first-order valence-corrected chi connectivity index (χ1v) is 11.3. The Morgan fingerprint density at radius 2 is 1.76 bits per heavy atom. The number of fused-ring (bicyclic) bond motifs is 5. The summed E-state index contributed by atoms with van der Waals surface area (Å²) in [5.74, 6) is 0.610. The fourth-order valence-electron chi connectivity index (χ4n) is 4.73. The molecule has 1 saturated heterocycles. The number of carbonyl (C=O) groups excluding carboxylic acids is 1. The number of rotatable bonds is 7. The van der Waals surface area contributed by atoms with Gasteiger partial charge in [-0.2, -0.15) is 0 Å². The third-order valence-electron chi connectivity index (χ3n) is 6.43. The Morgan fingerprint density at radius 1 is 0.971 bits per heavy atom. The molecule has 0 amide bonds. The molecule has 2 atom stereocenters. The Morgan fingerprint density at radius 3 is 2.53 bits per heavy atom. The standard InChI is InChI=1S/C27H26O7/c1-4-15-5-6-16-17-7-8-18-22(31-3)10-9-19(25(18)26(17)34-27(29)20(16)11-15)23-12-21(28)24(33-23)13-32-14-30-2/h5-11,23-24H,4,12-14H2,1-3H3/t23-,24-/m1/s1. The maximum atomic E-state index is 13.0. The van der Waals surface area contributed by atoms with E-state index in [4.69, 9.17) is 23.4 Å². The molecule has 1 aromatic heterocycles. The molecule has 0 spiro atoms. The molecule has 2 heterocycles. The molecule has 3 aromatic carbocycles. The van der Waals surface area contributed by atoms with Crippen molar-refractivity contribution in [3.8, 4) is 5.75 Å². The summed E-state index contributed by atoms with van der Waals surface area (Å²) < 4.78 is 27.9. The quantitative estimate of drug-likeness (QED) is 0.170. The molecule has 0 saturated carbocycles.